The molecule has 1 amide bonds. The van der Waals surface area contributed by atoms with Crippen LogP contribution in [-0.2, 0) is 4.79 Å². The van der Waals surface area contributed by atoms with Crippen molar-refractivity contribution < 1.29 is 9.21 Å². The van der Waals surface area contributed by atoms with Crippen LogP contribution < -0.4 is 5.32 Å². The molecule has 120 valence electrons. The number of rotatable bonds is 5. The molecule has 24 heavy (non-hydrogen) atoms. The van der Waals surface area contributed by atoms with Gasteiger partial charge in [0, 0.05) is 6.08 Å². The fourth-order valence-electron chi connectivity index (χ4n) is 2.09. The fourth-order valence-corrected chi connectivity index (χ4v) is 2.37. The minimum Gasteiger partial charge on any atom is -0.411 e. The topological polar surface area (TPSA) is 68.0 Å². The Morgan fingerprint density at radius 2 is 1.83 bits per heavy atom. The normalized spacial score (nSPS) is 10.9. The summed E-state index contributed by atoms with van der Waals surface area (Å²) >= 11 is 1.37. The van der Waals surface area contributed by atoms with E-state index in [-0.39, 0.29) is 5.91 Å². The highest BCUT2D eigenvalue weighted by Crippen LogP contribution is 2.28. The summed E-state index contributed by atoms with van der Waals surface area (Å²) < 4.78 is 5.54. The number of hydrogen-bond donors (Lipinski definition) is 1. The van der Waals surface area contributed by atoms with Crippen LogP contribution in [0, 0.1) is 0 Å². The molecule has 0 aliphatic carbocycles. The maximum Gasteiger partial charge on any atom is 0.276 e. The zero-order valence-electron chi connectivity index (χ0n) is 13.0. The zero-order valence-corrected chi connectivity index (χ0v) is 13.8. The van der Waals surface area contributed by atoms with E-state index in [2.05, 4.69) is 15.5 Å². The molecule has 0 fully saturated rings. The minimum atomic E-state index is -0.226. The van der Waals surface area contributed by atoms with Crippen molar-refractivity contribution >= 4 is 29.4 Å². The van der Waals surface area contributed by atoms with Crippen LogP contribution in [0.3, 0.4) is 0 Å². The Kier molecular flexibility index (Phi) is 5.08. The van der Waals surface area contributed by atoms with Gasteiger partial charge in [0.25, 0.3) is 11.1 Å². The first-order valence-electron chi connectivity index (χ1n) is 7.27. The molecule has 6 heteroatoms. The van der Waals surface area contributed by atoms with Crippen molar-refractivity contribution in [2.24, 2.45) is 0 Å². The molecule has 0 radical (unpaired) electrons. The fraction of sp³-hybridized carbons (Fsp3) is 0.0556. The van der Waals surface area contributed by atoms with E-state index in [1.54, 1.807) is 12.1 Å². The lowest BCUT2D eigenvalue weighted by Gasteiger charge is -2.06. The van der Waals surface area contributed by atoms with Gasteiger partial charge in [0.1, 0.15) is 0 Å². The average Bonchev–Trinajstić information content (AvgIpc) is 3.10. The van der Waals surface area contributed by atoms with Gasteiger partial charge < -0.3 is 9.73 Å². The molecule has 1 aromatic heterocycles. The number of amides is 1. The van der Waals surface area contributed by atoms with E-state index in [0.717, 1.165) is 5.56 Å². The summed E-state index contributed by atoms with van der Waals surface area (Å²) in [6.45, 7) is 0. The molecular weight excluding hydrogens is 322 g/mol. The average molecular weight is 337 g/mol. The second-order valence-corrected chi connectivity index (χ2v) is 5.61. The van der Waals surface area contributed by atoms with Crippen LogP contribution >= 0.6 is 11.8 Å². The van der Waals surface area contributed by atoms with E-state index in [9.17, 15) is 4.79 Å². The molecule has 2 aromatic carbocycles. The van der Waals surface area contributed by atoms with E-state index in [1.165, 1.54) is 17.8 Å². The Bertz CT molecular complexity index is 859. The van der Waals surface area contributed by atoms with Crippen LogP contribution in [0.2, 0.25) is 0 Å². The first-order valence-corrected chi connectivity index (χ1v) is 8.50. The van der Waals surface area contributed by atoms with E-state index in [0.29, 0.717) is 22.4 Å². The smallest absolute Gasteiger partial charge is 0.276 e. The molecule has 1 N–H and O–H groups in total. The molecular formula is C18H15N3O2S. The van der Waals surface area contributed by atoms with Crippen LogP contribution in [0.25, 0.3) is 17.5 Å². The van der Waals surface area contributed by atoms with Gasteiger partial charge in [0.2, 0.25) is 5.91 Å². The number of carbonyl (C=O) groups excluding carboxylic acids is 1. The van der Waals surface area contributed by atoms with Crippen molar-refractivity contribution in [2.45, 2.75) is 5.22 Å². The number of anilines is 1. The van der Waals surface area contributed by atoms with Gasteiger partial charge in [-0.05, 0) is 30.0 Å². The summed E-state index contributed by atoms with van der Waals surface area (Å²) in [5, 5.41) is 11.3. The molecule has 3 rings (SSSR count). The second kappa shape index (κ2) is 7.61. The lowest BCUT2D eigenvalue weighted by atomic mass is 10.1. The van der Waals surface area contributed by atoms with Gasteiger partial charge in [0.15, 0.2) is 0 Å². The Labute approximate surface area is 143 Å². The van der Waals surface area contributed by atoms with Gasteiger partial charge in [-0.3, -0.25) is 4.79 Å². The molecule has 0 saturated carbocycles. The number of aromatic nitrogens is 2. The predicted octanol–water partition coefficient (Wildman–Crippen LogP) is 4.11. The standard InChI is InChI=1S/C18H15N3O2S/c1-24-18-21-20-17(23-18)14-9-5-6-10-15(14)19-16(22)12-11-13-7-3-2-4-8-13/h2-12H,1H3,(H,19,22)/b12-11+. The highest BCUT2D eigenvalue weighted by molar-refractivity contribution is 7.98. The highest BCUT2D eigenvalue weighted by Gasteiger charge is 2.13. The Morgan fingerprint density at radius 3 is 2.58 bits per heavy atom. The number of benzene rings is 2. The number of thioether (sulfide) groups is 1. The lowest BCUT2D eigenvalue weighted by Crippen LogP contribution is -2.08. The van der Waals surface area contributed by atoms with E-state index >= 15 is 0 Å². The Morgan fingerprint density at radius 1 is 1.08 bits per heavy atom. The largest absolute Gasteiger partial charge is 0.411 e. The third-order valence-corrected chi connectivity index (χ3v) is 3.74. The second-order valence-electron chi connectivity index (χ2n) is 4.86. The molecule has 0 atom stereocenters. The van der Waals surface area contributed by atoms with Crippen molar-refractivity contribution in [3.05, 3.63) is 66.2 Å². The number of carbonyl (C=O) groups is 1. The van der Waals surface area contributed by atoms with Crippen molar-refractivity contribution in [3.8, 4) is 11.5 Å². The summed E-state index contributed by atoms with van der Waals surface area (Å²) in [4.78, 5) is 12.2. The number of nitrogens with one attached hydrogen (secondary N) is 1. The van der Waals surface area contributed by atoms with Gasteiger partial charge in [-0.2, -0.15) is 0 Å². The zero-order chi connectivity index (χ0) is 16.8. The summed E-state index contributed by atoms with van der Waals surface area (Å²) in [5.74, 6) is 0.151. The van der Waals surface area contributed by atoms with Crippen LogP contribution in [-0.4, -0.2) is 22.4 Å². The summed E-state index contributed by atoms with van der Waals surface area (Å²) in [5.41, 5.74) is 2.27. The van der Waals surface area contributed by atoms with E-state index in [4.69, 9.17) is 4.42 Å². The third kappa shape index (κ3) is 3.91. The van der Waals surface area contributed by atoms with Crippen molar-refractivity contribution in [1.82, 2.24) is 10.2 Å². The van der Waals surface area contributed by atoms with Crippen LogP contribution in [0.1, 0.15) is 5.56 Å². The van der Waals surface area contributed by atoms with Gasteiger partial charge in [0.05, 0.1) is 11.3 Å². The molecule has 0 spiro atoms. The van der Waals surface area contributed by atoms with Crippen LogP contribution in [0.15, 0.2) is 70.3 Å². The molecule has 0 unspecified atom stereocenters. The van der Waals surface area contributed by atoms with Crippen LogP contribution in [0.5, 0.6) is 0 Å². The van der Waals surface area contributed by atoms with Crippen molar-refractivity contribution in [1.29, 1.82) is 0 Å². The van der Waals surface area contributed by atoms with Gasteiger partial charge in [-0.15, -0.1) is 10.2 Å². The lowest BCUT2D eigenvalue weighted by molar-refractivity contribution is -0.111. The molecule has 0 saturated heterocycles. The quantitative estimate of drug-likeness (QED) is 0.560. The van der Waals surface area contributed by atoms with Crippen molar-refractivity contribution in [3.63, 3.8) is 0 Å². The highest BCUT2D eigenvalue weighted by atomic mass is 32.2. The Hall–Kier alpha value is -2.86. The molecule has 1 heterocycles. The monoisotopic (exact) mass is 337 g/mol. The summed E-state index contributed by atoms with van der Waals surface area (Å²) in [6.07, 6.45) is 5.11. The van der Waals surface area contributed by atoms with E-state index < -0.39 is 0 Å². The maximum absolute atomic E-state index is 12.2. The first-order chi connectivity index (χ1) is 11.8. The summed E-state index contributed by atoms with van der Waals surface area (Å²) in [6, 6.07) is 17.0. The molecule has 3 aromatic rings. The van der Waals surface area contributed by atoms with Crippen LogP contribution in [0.4, 0.5) is 5.69 Å². The maximum atomic E-state index is 12.2. The first kappa shape index (κ1) is 16.0. The molecule has 5 nitrogen and oxygen atoms in total. The van der Waals surface area contributed by atoms with Gasteiger partial charge in [-0.1, -0.05) is 54.2 Å². The molecule has 0 bridgehead atoms. The SMILES string of the molecule is CSc1nnc(-c2ccccc2NC(=O)/C=C/c2ccccc2)o1. The van der Waals surface area contributed by atoms with Crippen molar-refractivity contribution in [2.75, 3.05) is 11.6 Å². The van der Waals surface area contributed by atoms with Gasteiger partial charge >= 0.3 is 0 Å². The van der Waals surface area contributed by atoms with E-state index in [1.807, 2.05) is 54.8 Å². The predicted molar refractivity (Wildman–Crippen MR) is 95.6 cm³/mol. The number of nitrogens with zero attached hydrogens (tertiary/aromatic N) is 2. The number of para-hydroxylation sites is 1. The Balaban J connectivity index is 1.78. The molecule has 0 aliphatic rings. The molecule has 0 aliphatic heterocycles. The van der Waals surface area contributed by atoms with Gasteiger partial charge in [-0.25, -0.2) is 0 Å². The number of hydrogen-bond acceptors (Lipinski definition) is 5. The minimum absolute atomic E-state index is 0.226. The third-order valence-electron chi connectivity index (χ3n) is 3.22. The summed E-state index contributed by atoms with van der Waals surface area (Å²) in [7, 11) is 0.